The Balaban J connectivity index is 2.53. The molecule has 1 saturated heterocycles. The molecule has 0 bridgehead atoms. The Kier molecular flexibility index (Phi) is 7.34. The van der Waals surface area contributed by atoms with Crippen molar-refractivity contribution in [2.45, 2.75) is 38.3 Å². The van der Waals surface area contributed by atoms with Gasteiger partial charge in [-0.25, -0.2) is 0 Å². The Morgan fingerprint density at radius 1 is 1.55 bits per heavy atom. The molecule has 1 N–H and O–H groups in total. The molecule has 1 fully saturated rings. The van der Waals surface area contributed by atoms with Crippen molar-refractivity contribution in [1.29, 1.82) is 0 Å². The lowest BCUT2D eigenvalue weighted by atomic mass is 10.1. The summed E-state index contributed by atoms with van der Waals surface area (Å²) in [4.78, 5) is 25.4. The molecule has 0 spiro atoms. The van der Waals surface area contributed by atoms with E-state index in [-0.39, 0.29) is 11.9 Å². The SMILES string of the molecule is C#C/C=C(C)\C=C/C(=C)CC(C=O)NC(=O)C1CCCN1C. The van der Waals surface area contributed by atoms with Gasteiger partial charge in [0, 0.05) is 0 Å². The van der Waals surface area contributed by atoms with E-state index in [1.54, 1.807) is 6.08 Å². The second-order valence-corrected chi connectivity index (χ2v) is 5.64. The maximum atomic E-state index is 12.2. The minimum Gasteiger partial charge on any atom is -0.345 e. The minimum atomic E-state index is -0.546. The van der Waals surface area contributed by atoms with Gasteiger partial charge >= 0.3 is 0 Å². The van der Waals surface area contributed by atoms with Gasteiger partial charge in [-0.1, -0.05) is 30.2 Å². The summed E-state index contributed by atoms with van der Waals surface area (Å²) in [5, 5.41) is 2.79. The average Bonchev–Trinajstić information content (AvgIpc) is 2.91. The highest BCUT2D eigenvalue weighted by molar-refractivity contribution is 5.84. The lowest BCUT2D eigenvalue weighted by Gasteiger charge is -2.21. The number of aldehydes is 1. The van der Waals surface area contributed by atoms with Gasteiger partial charge in [-0.2, -0.15) is 0 Å². The Morgan fingerprint density at radius 3 is 2.82 bits per heavy atom. The number of nitrogens with one attached hydrogen (secondary N) is 1. The number of carbonyl (C=O) groups is 2. The molecule has 4 nitrogen and oxygen atoms in total. The van der Waals surface area contributed by atoms with E-state index in [1.807, 2.05) is 31.0 Å². The zero-order valence-corrected chi connectivity index (χ0v) is 13.3. The molecule has 0 aliphatic carbocycles. The second kappa shape index (κ2) is 9.01. The number of terminal acetylenes is 1. The molecule has 2 unspecified atom stereocenters. The molecule has 0 aromatic carbocycles. The summed E-state index contributed by atoms with van der Waals surface area (Å²) in [7, 11) is 1.93. The molecule has 0 saturated carbocycles. The van der Waals surface area contributed by atoms with Crippen LogP contribution in [-0.4, -0.2) is 42.8 Å². The van der Waals surface area contributed by atoms with E-state index in [2.05, 4.69) is 17.8 Å². The van der Waals surface area contributed by atoms with Crippen molar-refractivity contribution >= 4 is 12.2 Å². The van der Waals surface area contributed by atoms with E-state index >= 15 is 0 Å². The van der Waals surface area contributed by atoms with Crippen LogP contribution in [0.15, 0.2) is 36.0 Å². The highest BCUT2D eigenvalue weighted by Gasteiger charge is 2.28. The predicted octanol–water partition coefficient (Wildman–Crippen LogP) is 1.85. The third-order valence-corrected chi connectivity index (χ3v) is 3.69. The summed E-state index contributed by atoms with van der Waals surface area (Å²) in [6.45, 7) is 6.71. The minimum absolute atomic E-state index is 0.0858. The molecule has 22 heavy (non-hydrogen) atoms. The summed E-state index contributed by atoms with van der Waals surface area (Å²) >= 11 is 0. The molecular weight excluding hydrogens is 276 g/mol. The van der Waals surface area contributed by atoms with Crippen molar-refractivity contribution in [1.82, 2.24) is 10.2 Å². The van der Waals surface area contributed by atoms with Crippen molar-refractivity contribution in [3.05, 3.63) is 36.0 Å². The van der Waals surface area contributed by atoms with Crippen LogP contribution in [0.5, 0.6) is 0 Å². The van der Waals surface area contributed by atoms with Crippen LogP contribution in [-0.2, 0) is 9.59 Å². The van der Waals surface area contributed by atoms with E-state index in [4.69, 9.17) is 6.42 Å². The molecule has 1 heterocycles. The molecule has 1 amide bonds. The zero-order valence-electron chi connectivity index (χ0n) is 13.3. The fraction of sp³-hybridized carbons (Fsp3) is 0.444. The van der Waals surface area contributed by atoms with Crippen molar-refractivity contribution in [3.63, 3.8) is 0 Å². The van der Waals surface area contributed by atoms with Crippen LogP contribution in [0.4, 0.5) is 0 Å². The van der Waals surface area contributed by atoms with Crippen molar-refractivity contribution < 1.29 is 9.59 Å². The summed E-state index contributed by atoms with van der Waals surface area (Å²) in [5.74, 6) is 2.36. The summed E-state index contributed by atoms with van der Waals surface area (Å²) in [5.41, 5.74) is 1.70. The first-order valence-electron chi connectivity index (χ1n) is 7.42. The first-order valence-corrected chi connectivity index (χ1v) is 7.42. The highest BCUT2D eigenvalue weighted by atomic mass is 16.2. The Morgan fingerprint density at radius 2 is 2.27 bits per heavy atom. The number of hydrogen-bond acceptors (Lipinski definition) is 3. The Labute approximate surface area is 133 Å². The van der Waals surface area contributed by atoms with Gasteiger partial charge in [-0.15, -0.1) is 6.42 Å². The van der Waals surface area contributed by atoms with Gasteiger partial charge in [0.15, 0.2) is 0 Å². The lowest BCUT2D eigenvalue weighted by Crippen LogP contribution is -2.46. The van der Waals surface area contributed by atoms with Crippen molar-refractivity contribution in [3.8, 4) is 12.3 Å². The fourth-order valence-corrected chi connectivity index (χ4v) is 2.43. The third-order valence-electron chi connectivity index (χ3n) is 3.69. The van der Waals surface area contributed by atoms with Crippen LogP contribution >= 0.6 is 0 Å². The van der Waals surface area contributed by atoms with Gasteiger partial charge in [0.1, 0.15) is 6.29 Å². The number of likely N-dealkylation sites (tertiary alicyclic amines) is 1. The molecule has 4 heteroatoms. The molecule has 2 atom stereocenters. The number of nitrogens with zero attached hydrogens (tertiary/aromatic N) is 1. The van der Waals surface area contributed by atoms with Gasteiger partial charge in [0.2, 0.25) is 5.91 Å². The Bertz CT molecular complexity index is 526. The maximum Gasteiger partial charge on any atom is 0.237 e. The van der Waals surface area contributed by atoms with Crippen LogP contribution in [0, 0.1) is 12.3 Å². The normalized spacial score (nSPS) is 20.6. The molecule has 1 aliphatic heterocycles. The summed E-state index contributed by atoms with van der Waals surface area (Å²) in [6, 6.07) is -0.678. The van der Waals surface area contributed by atoms with E-state index in [1.165, 1.54) is 0 Å². The third kappa shape index (κ3) is 5.71. The summed E-state index contributed by atoms with van der Waals surface area (Å²) < 4.78 is 0. The predicted molar refractivity (Wildman–Crippen MR) is 89.1 cm³/mol. The second-order valence-electron chi connectivity index (χ2n) is 5.64. The molecule has 0 aromatic rings. The number of allylic oxidation sites excluding steroid dienone is 4. The molecule has 0 aromatic heterocycles. The van der Waals surface area contributed by atoms with Crippen LogP contribution < -0.4 is 5.32 Å². The van der Waals surface area contributed by atoms with E-state index in [9.17, 15) is 9.59 Å². The number of amides is 1. The average molecular weight is 300 g/mol. The number of carbonyl (C=O) groups excluding carboxylic acids is 2. The first kappa shape index (κ1) is 17.9. The van der Waals surface area contributed by atoms with Crippen molar-refractivity contribution in [2.24, 2.45) is 0 Å². The monoisotopic (exact) mass is 300 g/mol. The number of likely N-dealkylation sites (N-methyl/N-ethyl adjacent to an activating group) is 1. The lowest BCUT2D eigenvalue weighted by molar-refractivity contribution is -0.127. The zero-order chi connectivity index (χ0) is 16.5. The summed E-state index contributed by atoms with van der Waals surface area (Å²) in [6.07, 6.45) is 13.5. The molecule has 1 aliphatic rings. The molecule has 1 rings (SSSR count). The molecule has 0 radical (unpaired) electrons. The fourth-order valence-electron chi connectivity index (χ4n) is 2.43. The van der Waals surface area contributed by atoms with Crippen molar-refractivity contribution in [2.75, 3.05) is 13.6 Å². The van der Waals surface area contributed by atoms with E-state index in [0.717, 1.165) is 36.8 Å². The molecule has 118 valence electrons. The topological polar surface area (TPSA) is 49.4 Å². The van der Waals surface area contributed by atoms with E-state index < -0.39 is 6.04 Å². The van der Waals surface area contributed by atoms with Gasteiger partial charge in [0.05, 0.1) is 12.1 Å². The quantitative estimate of drug-likeness (QED) is 0.443. The molecular formula is C18H24N2O2. The highest BCUT2D eigenvalue weighted by Crippen LogP contribution is 2.15. The first-order chi connectivity index (χ1) is 10.5. The smallest absolute Gasteiger partial charge is 0.237 e. The van der Waals surface area contributed by atoms with Gasteiger partial charge in [-0.05, 0) is 51.4 Å². The Hall–Kier alpha value is -2.12. The van der Waals surface area contributed by atoms with Crippen LogP contribution in [0.1, 0.15) is 26.2 Å². The van der Waals surface area contributed by atoms with E-state index in [0.29, 0.717) is 6.42 Å². The van der Waals surface area contributed by atoms with Gasteiger partial charge in [0.25, 0.3) is 0 Å². The largest absolute Gasteiger partial charge is 0.345 e. The van der Waals surface area contributed by atoms with Gasteiger partial charge < -0.3 is 10.1 Å². The van der Waals surface area contributed by atoms with Crippen LogP contribution in [0.25, 0.3) is 0 Å². The number of hydrogen-bond donors (Lipinski definition) is 1. The van der Waals surface area contributed by atoms with Gasteiger partial charge in [-0.3, -0.25) is 9.69 Å². The standard InChI is InChI=1S/C18H24N2O2/c1-5-7-14(2)9-10-15(3)12-16(13-21)19-18(22)17-8-6-11-20(17)4/h1,7,9-10,13,16-17H,3,6,8,11-12H2,2,4H3,(H,19,22)/b10-9-,14-7-. The van der Waals surface area contributed by atoms with Crippen LogP contribution in [0.2, 0.25) is 0 Å². The maximum absolute atomic E-state index is 12.2. The van der Waals surface area contributed by atoms with Crippen LogP contribution in [0.3, 0.4) is 0 Å². The number of rotatable bonds is 7.